The summed E-state index contributed by atoms with van der Waals surface area (Å²) in [5, 5.41) is 11.7. The maximum absolute atomic E-state index is 13.2. The van der Waals surface area contributed by atoms with Crippen LogP contribution in [0, 0.1) is 19.7 Å². The molecule has 0 bridgehead atoms. The van der Waals surface area contributed by atoms with Crippen molar-refractivity contribution < 1.29 is 9.18 Å². The van der Waals surface area contributed by atoms with Crippen LogP contribution in [0.25, 0.3) is 17.5 Å². The Morgan fingerprint density at radius 2 is 1.81 bits per heavy atom. The molecule has 0 fully saturated rings. The summed E-state index contributed by atoms with van der Waals surface area (Å²) in [6.07, 6.45) is 6.87. The first-order valence-corrected chi connectivity index (χ1v) is 9.88. The molecule has 0 saturated carbocycles. The van der Waals surface area contributed by atoms with Crippen LogP contribution >= 0.6 is 0 Å². The lowest BCUT2D eigenvalue weighted by Crippen LogP contribution is -2.19. The minimum absolute atomic E-state index is 0.208. The van der Waals surface area contributed by atoms with Crippen molar-refractivity contribution in [2.75, 3.05) is 0 Å². The van der Waals surface area contributed by atoms with Gasteiger partial charge in [0.15, 0.2) is 0 Å². The number of halogens is 1. The number of carbonyl (C=O) groups excluding carboxylic acids is 1. The zero-order valence-electron chi connectivity index (χ0n) is 17.3. The van der Waals surface area contributed by atoms with Crippen molar-refractivity contribution in [3.63, 3.8) is 0 Å². The minimum Gasteiger partial charge on any atom is -0.348 e. The summed E-state index contributed by atoms with van der Waals surface area (Å²) in [6, 6.07) is 15.9. The number of hydrogen-bond donors (Lipinski definition) is 1. The summed E-state index contributed by atoms with van der Waals surface area (Å²) in [4.78, 5) is 12.3. The molecule has 0 radical (unpaired) electrons. The highest BCUT2D eigenvalue weighted by Crippen LogP contribution is 2.19. The zero-order chi connectivity index (χ0) is 21.8. The molecule has 0 aliphatic heterocycles. The van der Waals surface area contributed by atoms with Crippen LogP contribution in [0.5, 0.6) is 0 Å². The normalized spacial score (nSPS) is 11.2. The van der Waals surface area contributed by atoms with E-state index in [-0.39, 0.29) is 11.7 Å². The lowest BCUT2D eigenvalue weighted by molar-refractivity contribution is -0.116. The number of nitrogens with zero attached hydrogens (tertiary/aromatic N) is 4. The SMILES string of the molecule is Cc1nn(-c2ccc(F)cc2)c(C)c1/C=C/C(=O)NCc1cnn(-c2ccccc2)c1. The van der Waals surface area contributed by atoms with Gasteiger partial charge in [0.2, 0.25) is 5.91 Å². The number of hydrogen-bond acceptors (Lipinski definition) is 3. The van der Waals surface area contributed by atoms with Crippen molar-refractivity contribution >= 4 is 12.0 Å². The van der Waals surface area contributed by atoms with Crippen LogP contribution in [-0.4, -0.2) is 25.5 Å². The molecule has 0 unspecified atom stereocenters. The number of para-hydroxylation sites is 1. The average molecular weight is 415 g/mol. The maximum Gasteiger partial charge on any atom is 0.244 e. The third-order valence-corrected chi connectivity index (χ3v) is 4.94. The van der Waals surface area contributed by atoms with E-state index in [9.17, 15) is 9.18 Å². The van der Waals surface area contributed by atoms with Gasteiger partial charge < -0.3 is 5.32 Å². The third-order valence-electron chi connectivity index (χ3n) is 4.94. The van der Waals surface area contributed by atoms with E-state index < -0.39 is 0 Å². The van der Waals surface area contributed by atoms with Gasteiger partial charge in [0.1, 0.15) is 5.82 Å². The highest BCUT2D eigenvalue weighted by Gasteiger charge is 2.11. The van der Waals surface area contributed by atoms with Crippen molar-refractivity contribution in [1.82, 2.24) is 24.9 Å². The fourth-order valence-corrected chi connectivity index (χ4v) is 3.31. The predicted octanol–water partition coefficient (Wildman–Crippen LogP) is 4.14. The molecular weight excluding hydrogens is 393 g/mol. The zero-order valence-corrected chi connectivity index (χ0v) is 17.3. The largest absolute Gasteiger partial charge is 0.348 e. The Bertz CT molecular complexity index is 1220. The number of carbonyl (C=O) groups is 1. The van der Waals surface area contributed by atoms with Gasteiger partial charge in [-0.3, -0.25) is 4.79 Å². The molecule has 6 nitrogen and oxygen atoms in total. The van der Waals surface area contributed by atoms with Gasteiger partial charge in [0.25, 0.3) is 0 Å². The first-order chi connectivity index (χ1) is 15.0. The van der Waals surface area contributed by atoms with Crippen LogP contribution in [0.2, 0.25) is 0 Å². The van der Waals surface area contributed by atoms with Gasteiger partial charge in [0, 0.05) is 35.6 Å². The second-order valence-electron chi connectivity index (χ2n) is 7.15. The number of benzene rings is 2. The Balaban J connectivity index is 1.41. The number of rotatable bonds is 6. The minimum atomic E-state index is -0.295. The van der Waals surface area contributed by atoms with E-state index >= 15 is 0 Å². The van der Waals surface area contributed by atoms with E-state index in [0.29, 0.717) is 6.54 Å². The molecule has 4 rings (SSSR count). The standard InChI is InChI=1S/C24H22FN5O/c1-17-23(18(2)30(28-17)22-10-8-20(25)9-11-22)12-13-24(31)26-14-19-15-27-29(16-19)21-6-4-3-5-7-21/h3-13,15-16H,14H2,1-2H3,(H,26,31)/b13-12+. The predicted molar refractivity (Wildman–Crippen MR) is 117 cm³/mol. The van der Waals surface area contributed by atoms with E-state index in [4.69, 9.17) is 0 Å². The molecule has 0 aliphatic carbocycles. The second-order valence-corrected chi connectivity index (χ2v) is 7.15. The van der Waals surface area contributed by atoms with Crippen molar-refractivity contribution in [2.24, 2.45) is 0 Å². The Morgan fingerprint density at radius 1 is 1.06 bits per heavy atom. The van der Waals surface area contributed by atoms with Crippen LogP contribution in [0.1, 0.15) is 22.5 Å². The molecular formula is C24H22FN5O. The van der Waals surface area contributed by atoms with Gasteiger partial charge in [-0.1, -0.05) is 18.2 Å². The molecule has 1 amide bonds. The topological polar surface area (TPSA) is 64.7 Å². The number of nitrogens with one attached hydrogen (secondary N) is 1. The third kappa shape index (κ3) is 4.61. The fourth-order valence-electron chi connectivity index (χ4n) is 3.31. The van der Waals surface area contributed by atoms with E-state index in [1.54, 1.807) is 33.8 Å². The number of amides is 1. The van der Waals surface area contributed by atoms with Crippen LogP contribution in [0.3, 0.4) is 0 Å². The Hall–Kier alpha value is -4.00. The summed E-state index contributed by atoms with van der Waals surface area (Å²) in [5.74, 6) is -0.503. The van der Waals surface area contributed by atoms with E-state index in [0.717, 1.165) is 33.9 Å². The molecule has 156 valence electrons. The van der Waals surface area contributed by atoms with Crippen molar-refractivity contribution in [2.45, 2.75) is 20.4 Å². The lowest BCUT2D eigenvalue weighted by Gasteiger charge is -2.04. The molecule has 7 heteroatoms. The number of aromatic nitrogens is 4. The van der Waals surface area contributed by atoms with Crippen molar-refractivity contribution in [1.29, 1.82) is 0 Å². The number of aryl methyl sites for hydroxylation is 1. The van der Waals surface area contributed by atoms with Gasteiger partial charge in [-0.25, -0.2) is 13.8 Å². The van der Waals surface area contributed by atoms with Crippen molar-refractivity contribution in [3.05, 3.63) is 101 Å². The molecule has 31 heavy (non-hydrogen) atoms. The summed E-state index contributed by atoms with van der Waals surface area (Å²) in [5.41, 5.74) is 5.15. The van der Waals surface area contributed by atoms with Gasteiger partial charge in [0.05, 0.1) is 23.3 Å². The maximum atomic E-state index is 13.2. The highest BCUT2D eigenvalue weighted by atomic mass is 19.1. The lowest BCUT2D eigenvalue weighted by atomic mass is 10.2. The summed E-state index contributed by atoms with van der Waals surface area (Å²) in [6.45, 7) is 4.17. The molecule has 2 heterocycles. The average Bonchev–Trinajstić information content (AvgIpc) is 3.37. The van der Waals surface area contributed by atoms with Gasteiger partial charge in [-0.2, -0.15) is 10.2 Å². The summed E-state index contributed by atoms with van der Waals surface area (Å²) in [7, 11) is 0. The molecule has 2 aromatic heterocycles. The quantitative estimate of drug-likeness (QED) is 0.481. The molecule has 2 aromatic carbocycles. The molecule has 0 spiro atoms. The van der Waals surface area contributed by atoms with E-state index in [2.05, 4.69) is 15.5 Å². The van der Waals surface area contributed by atoms with E-state index in [1.165, 1.54) is 18.2 Å². The Kier molecular flexibility index (Phi) is 5.75. The van der Waals surface area contributed by atoms with Crippen LogP contribution in [0.4, 0.5) is 4.39 Å². The van der Waals surface area contributed by atoms with E-state index in [1.807, 2.05) is 50.4 Å². The summed E-state index contributed by atoms with van der Waals surface area (Å²) >= 11 is 0. The molecule has 4 aromatic rings. The smallest absolute Gasteiger partial charge is 0.244 e. The monoisotopic (exact) mass is 415 g/mol. The van der Waals surface area contributed by atoms with Crippen LogP contribution in [-0.2, 0) is 11.3 Å². The van der Waals surface area contributed by atoms with Gasteiger partial charge in [-0.05, 0) is 56.3 Å². The van der Waals surface area contributed by atoms with Crippen molar-refractivity contribution in [3.8, 4) is 11.4 Å². The first kappa shape index (κ1) is 20.3. The first-order valence-electron chi connectivity index (χ1n) is 9.88. The fraction of sp³-hybridized carbons (Fsp3) is 0.125. The molecule has 0 aliphatic rings. The van der Waals surface area contributed by atoms with Gasteiger partial charge in [-0.15, -0.1) is 0 Å². The highest BCUT2D eigenvalue weighted by molar-refractivity contribution is 5.92. The molecule has 1 N–H and O–H groups in total. The molecule has 0 saturated heterocycles. The van der Waals surface area contributed by atoms with Gasteiger partial charge >= 0.3 is 0 Å². The molecule has 0 atom stereocenters. The Labute approximate surface area is 179 Å². The summed E-state index contributed by atoms with van der Waals surface area (Å²) < 4.78 is 16.7. The second kappa shape index (κ2) is 8.79. The van der Waals surface area contributed by atoms with Crippen LogP contribution in [0.15, 0.2) is 73.1 Å². The Morgan fingerprint density at radius 3 is 2.55 bits per heavy atom. The van der Waals surface area contributed by atoms with Crippen LogP contribution < -0.4 is 5.32 Å².